The zero-order valence-electron chi connectivity index (χ0n) is 72.3. The number of phosphoric acid groups is 1. The molecule has 0 amide bonds. The molecule has 0 spiro atoms. The summed E-state index contributed by atoms with van der Waals surface area (Å²) in [5.41, 5.74) is -6.17. The minimum atomic E-state index is -5.39. The van der Waals surface area contributed by atoms with Crippen molar-refractivity contribution in [3.8, 4) is 0 Å². The van der Waals surface area contributed by atoms with Crippen LogP contribution in [0.5, 0.6) is 0 Å². The van der Waals surface area contributed by atoms with Crippen LogP contribution in [0, 0.1) is 114 Å². The first kappa shape index (κ1) is 103. The van der Waals surface area contributed by atoms with Crippen molar-refractivity contribution >= 4 is 60.1 Å². The van der Waals surface area contributed by atoms with Crippen LogP contribution < -0.4 is 103 Å². The summed E-state index contributed by atoms with van der Waals surface area (Å²) >= 11 is 0. The molecular formula is C90H124Na3O26P. The fraction of sp³-hybridized carbons (Fsp3) is 0.722. The third-order valence-electron chi connectivity index (χ3n) is 33.8. The third-order valence-corrected chi connectivity index (χ3v) is 33.8. The minimum absolute atomic E-state index is 0. The Morgan fingerprint density at radius 2 is 0.600 bits per heavy atom. The van der Waals surface area contributed by atoms with E-state index in [0.717, 1.165) is 112 Å². The second kappa shape index (κ2) is 37.8. The second-order valence-electron chi connectivity index (χ2n) is 38.9. The van der Waals surface area contributed by atoms with Crippen molar-refractivity contribution < 1.29 is 217 Å². The number of ketones is 8. The Morgan fingerprint density at radius 3 is 0.775 bits per heavy atom. The van der Waals surface area contributed by atoms with Crippen molar-refractivity contribution in [2.24, 2.45) is 114 Å². The van der Waals surface area contributed by atoms with E-state index in [2.05, 4.69) is 39.4 Å². The van der Waals surface area contributed by atoms with Crippen LogP contribution in [0.3, 0.4) is 0 Å². The molecule has 0 saturated heterocycles. The van der Waals surface area contributed by atoms with Crippen molar-refractivity contribution in [2.75, 3.05) is 33.0 Å². The molecule has 16 rings (SSSR count). The van der Waals surface area contributed by atoms with E-state index in [1.807, 2.05) is 52.0 Å². The van der Waals surface area contributed by atoms with E-state index in [1.54, 1.807) is 48.6 Å². The number of hydrogen-bond acceptors (Lipinski definition) is 26. The summed E-state index contributed by atoms with van der Waals surface area (Å²) in [5, 5.41) is 127. The predicted octanol–water partition coefficient (Wildman–Crippen LogP) is -4.23. The Labute approximate surface area is 770 Å². The molecule has 0 aliphatic heterocycles. The van der Waals surface area contributed by atoms with Gasteiger partial charge in [0.1, 0.15) is 48.8 Å². The normalized spacial score (nSPS) is 44.3. The first-order valence-corrected chi connectivity index (χ1v) is 43.7. The second-order valence-corrected chi connectivity index (χ2v) is 39.8. The number of ether oxygens (including phenoxy) is 1. The smallest absolute Gasteiger partial charge is 0.822 e. The standard InChI is InChI=1S/4C21H28O5.C6H12O2.3Na.H3O4P/c4*1-19-7-5-13(23)9-12(19)3-4-14-15-6-8-21(26,17(25)11-22)20(15,2)10-16(24)18(14)19;1-3-4-5-8-6(2)7;;;;1-5(2,3)4/h4*5,7,9,14-16,18,22,24,26H,3-4,6,8,10-11H2,1-2H3;3-5H2,1-2H3;;;;(H3,1,2,3,4)/q;;;;;3*+1;/p-3/t3*14?,15?,16?,18?,19-,20-,21-;14-,15?,16?,18+,19+,20+,21+;;;;;/m0001...../s1. The van der Waals surface area contributed by atoms with E-state index in [-0.39, 0.29) is 210 Å². The molecule has 12 fully saturated rings. The maximum Gasteiger partial charge on any atom is 1.00 e. The summed E-state index contributed by atoms with van der Waals surface area (Å²) in [6.45, 7) is 17.4. The molecule has 120 heavy (non-hydrogen) atoms. The number of fused-ring (bicyclic) bond motifs is 20. The van der Waals surface area contributed by atoms with E-state index in [1.165, 1.54) is 6.92 Å². The maximum absolute atomic E-state index is 12.4. The molecule has 14 unspecified atom stereocenters. The summed E-state index contributed by atoms with van der Waals surface area (Å²) < 4.78 is 13.2. The van der Waals surface area contributed by atoms with Crippen molar-refractivity contribution in [1.82, 2.24) is 0 Å². The summed E-state index contributed by atoms with van der Waals surface area (Å²) in [6.07, 6.45) is 32.8. The van der Waals surface area contributed by atoms with Gasteiger partial charge in [0.25, 0.3) is 0 Å². The molecule has 0 aromatic carbocycles. The molecule has 0 radical (unpaired) electrons. The van der Waals surface area contributed by atoms with Crippen LogP contribution in [0.1, 0.15) is 210 Å². The van der Waals surface area contributed by atoms with Gasteiger partial charge in [0.15, 0.2) is 46.3 Å². The van der Waals surface area contributed by atoms with Gasteiger partial charge in [-0.1, -0.05) is 115 Å². The van der Waals surface area contributed by atoms with Crippen molar-refractivity contribution in [2.45, 2.75) is 257 Å². The number of Topliss-reactive ketones (excluding diaryl/α,β-unsaturated/α-hetero) is 4. The molecule has 12 N–H and O–H groups in total. The van der Waals surface area contributed by atoms with Gasteiger partial charge in [0.2, 0.25) is 0 Å². The Hall–Kier alpha value is -2.62. The Balaban J connectivity index is 0.000000188. The fourth-order valence-electron chi connectivity index (χ4n) is 28.0. The van der Waals surface area contributed by atoms with Gasteiger partial charge >= 0.3 is 94.6 Å². The van der Waals surface area contributed by atoms with E-state index in [9.17, 15) is 104 Å². The number of esters is 1. The number of rotatable bonds is 11. The molecule has 30 heteroatoms. The number of carbonyl (C=O) groups excluding carboxylic acids is 9. The van der Waals surface area contributed by atoms with Crippen LogP contribution in [-0.2, 0) is 52.5 Å². The quantitative estimate of drug-likeness (QED) is 0.0404. The summed E-state index contributed by atoms with van der Waals surface area (Å²) in [6, 6.07) is 0. The van der Waals surface area contributed by atoms with Gasteiger partial charge in [-0.25, -0.2) is 0 Å². The van der Waals surface area contributed by atoms with Crippen molar-refractivity contribution in [1.29, 1.82) is 0 Å². The average Bonchev–Trinajstić information content (AvgIpc) is 1.48. The van der Waals surface area contributed by atoms with E-state index < -0.39 is 126 Å². The summed E-state index contributed by atoms with van der Waals surface area (Å²) in [5.74, 6) is -1.09. The van der Waals surface area contributed by atoms with Gasteiger partial charge in [-0.3, -0.25) is 43.2 Å². The molecule has 0 aromatic rings. The van der Waals surface area contributed by atoms with Gasteiger partial charge in [0, 0.05) is 73.9 Å². The Kier molecular flexibility index (Phi) is 32.4. The summed E-state index contributed by atoms with van der Waals surface area (Å²) in [7, 11) is -5.39. The third kappa shape index (κ3) is 17.4. The molecule has 0 heterocycles. The van der Waals surface area contributed by atoms with Gasteiger partial charge in [-0.05, 0) is 231 Å². The number of aliphatic hydroxyl groups excluding tert-OH is 8. The molecule has 28 atom stereocenters. The number of hydrogen-bond donors (Lipinski definition) is 12. The number of unbranched alkanes of at least 4 members (excludes halogenated alkanes) is 1. The minimum Gasteiger partial charge on any atom is -0.822 e. The molecule has 16 aliphatic rings. The van der Waals surface area contributed by atoms with Gasteiger partial charge in [0.05, 0.1) is 31.0 Å². The SMILES string of the molecule is CCCCOC(C)=O.C[C@]12C=CC(=O)C=C1CCC1C2C(O)C[C@@]2(C)C1CC[C@]2(O)C(=O)CO.C[C@]12C=CC(=O)C=C1CCC1C2C(O)C[C@@]2(C)C1CC[C@]2(O)C(=O)CO.C[C@]12C=CC(=O)C=C1CCC1C2C(O)C[C@@]2(C)C1CC[C@]2(O)C(=O)CO.C[C@]12C=CC(=O)C=C1CC[C@@H]1C3CC[C@](O)(C(=O)CO)[C@@]3(C)CC(O)[C@H]12.O=P([O-])([O-])[O-].[Na+].[Na+].[Na+]. The van der Waals surface area contributed by atoms with E-state index in [4.69, 9.17) is 19.2 Å². The van der Waals surface area contributed by atoms with Crippen LogP contribution in [-0.4, -0.2) is 193 Å². The molecular weight excluding hydrogens is 1600 g/mol. The first-order valence-electron chi connectivity index (χ1n) is 42.3. The fourth-order valence-corrected chi connectivity index (χ4v) is 28.0. The molecule has 648 valence electrons. The average molecular weight is 1720 g/mol. The molecule has 26 nitrogen and oxygen atoms in total. The maximum atomic E-state index is 12.4. The Morgan fingerprint density at radius 1 is 0.400 bits per heavy atom. The topological polar surface area (TPSA) is 492 Å². The Bertz CT molecular complexity index is 3780. The van der Waals surface area contributed by atoms with Crippen LogP contribution in [0.15, 0.2) is 95.2 Å². The molecule has 12 saturated carbocycles. The van der Waals surface area contributed by atoms with Crippen molar-refractivity contribution in [3.63, 3.8) is 0 Å². The van der Waals surface area contributed by atoms with Crippen LogP contribution in [0.25, 0.3) is 0 Å². The number of aliphatic hydroxyl groups is 12. The van der Waals surface area contributed by atoms with Crippen LogP contribution in [0.4, 0.5) is 0 Å². The molecule has 0 aromatic heterocycles. The molecule has 16 aliphatic carbocycles. The number of allylic oxidation sites excluding steroid dienone is 16. The van der Waals surface area contributed by atoms with E-state index in [0.29, 0.717) is 58.0 Å². The van der Waals surface area contributed by atoms with Gasteiger partial charge < -0.3 is 85.3 Å². The first-order chi connectivity index (χ1) is 54.5. The summed E-state index contributed by atoms with van der Waals surface area (Å²) in [4.78, 5) is 132. The zero-order valence-corrected chi connectivity index (χ0v) is 79.2. The molecule has 0 bridgehead atoms. The van der Waals surface area contributed by atoms with Crippen LogP contribution >= 0.6 is 7.82 Å². The van der Waals surface area contributed by atoms with Crippen LogP contribution in [0.2, 0.25) is 0 Å². The number of carbonyl (C=O) groups is 9. The van der Waals surface area contributed by atoms with Gasteiger partial charge in [-0.2, -0.15) is 7.82 Å². The van der Waals surface area contributed by atoms with Gasteiger partial charge in [-0.15, -0.1) is 0 Å². The largest absolute Gasteiger partial charge is 1.00 e. The monoisotopic (exact) mass is 1720 g/mol. The van der Waals surface area contributed by atoms with E-state index >= 15 is 0 Å². The van der Waals surface area contributed by atoms with Crippen molar-refractivity contribution in [3.05, 3.63) is 95.2 Å². The zero-order chi connectivity index (χ0) is 86.5. The predicted molar refractivity (Wildman–Crippen MR) is 419 cm³/mol.